The van der Waals surface area contributed by atoms with Crippen molar-refractivity contribution in [2.24, 2.45) is 0 Å². The summed E-state index contributed by atoms with van der Waals surface area (Å²) in [4.78, 5) is -0.241. The average Bonchev–Trinajstić information content (AvgIpc) is 2.42. The van der Waals surface area contributed by atoms with Crippen LogP contribution < -0.4 is 4.72 Å². The van der Waals surface area contributed by atoms with Crippen LogP contribution in [-0.4, -0.2) is 8.42 Å². The molecule has 1 N–H and O–H groups in total. The molecular weight excluding hydrogens is 322 g/mol. The molecule has 2 aromatic rings. The van der Waals surface area contributed by atoms with Crippen molar-refractivity contribution in [3.8, 4) is 6.07 Å². The molecule has 0 aromatic heterocycles. The van der Waals surface area contributed by atoms with Crippen LogP contribution in [0.5, 0.6) is 0 Å². The van der Waals surface area contributed by atoms with Crippen molar-refractivity contribution in [1.29, 1.82) is 5.26 Å². The molecule has 8 heteroatoms. The molecule has 0 spiro atoms. The molecule has 0 amide bonds. The topological polar surface area (TPSA) is 70.0 Å². The Hall–Kier alpha value is -2.17. The summed E-state index contributed by atoms with van der Waals surface area (Å²) in [7, 11) is -4.10. The van der Waals surface area contributed by atoms with Crippen molar-refractivity contribution in [1.82, 2.24) is 0 Å². The first-order chi connectivity index (χ1) is 9.83. The number of benzene rings is 2. The molecule has 0 unspecified atom stereocenters. The Kier molecular flexibility index (Phi) is 4.11. The fourth-order valence-corrected chi connectivity index (χ4v) is 2.91. The number of halogens is 3. The molecule has 0 aliphatic carbocycles. The molecule has 0 saturated heterocycles. The maximum Gasteiger partial charge on any atom is 0.262 e. The summed E-state index contributed by atoms with van der Waals surface area (Å²) in [5, 5.41) is 8.68. The quantitative estimate of drug-likeness (QED) is 0.939. The summed E-state index contributed by atoms with van der Waals surface area (Å²) in [6.07, 6.45) is 0. The lowest BCUT2D eigenvalue weighted by Gasteiger charge is -2.09. The van der Waals surface area contributed by atoms with E-state index < -0.39 is 27.3 Å². The molecule has 21 heavy (non-hydrogen) atoms. The van der Waals surface area contributed by atoms with Gasteiger partial charge in [-0.2, -0.15) is 5.26 Å². The highest BCUT2D eigenvalue weighted by Gasteiger charge is 2.18. The van der Waals surface area contributed by atoms with E-state index in [1.807, 2.05) is 4.72 Å². The Bertz CT molecular complexity index is 848. The number of hydrogen-bond donors (Lipinski definition) is 1. The van der Waals surface area contributed by atoms with Crippen molar-refractivity contribution >= 4 is 27.3 Å². The van der Waals surface area contributed by atoms with E-state index in [0.29, 0.717) is 6.07 Å². The van der Waals surface area contributed by atoms with Gasteiger partial charge >= 0.3 is 0 Å². The van der Waals surface area contributed by atoms with E-state index in [1.54, 1.807) is 6.07 Å². The molecule has 0 atom stereocenters. The minimum absolute atomic E-state index is 0.0417. The third kappa shape index (κ3) is 3.29. The number of nitrogens with one attached hydrogen (secondary N) is 1. The van der Waals surface area contributed by atoms with Crippen LogP contribution in [-0.2, 0) is 10.0 Å². The largest absolute Gasteiger partial charge is 0.277 e. The molecule has 0 saturated carbocycles. The molecule has 4 nitrogen and oxygen atoms in total. The van der Waals surface area contributed by atoms with Crippen molar-refractivity contribution in [2.75, 3.05) is 4.72 Å². The minimum atomic E-state index is -4.10. The second kappa shape index (κ2) is 5.68. The van der Waals surface area contributed by atoms with Gasteiger partial charge in [0, 0.05) is 6.07 Å². The van der Waals surface area contributed by atoms with E-state index in [9.17, 15) is 17.2 Å². The van der Waals surface area contributed by atoms with E-state index in [-0.39, 0.29) is 15.5 Å². The van der Waals surface area contributed by atoms with Crippen LogP contribution in [0.15, 0.2) is 41.3 Å². The van der Waals surface area contributed by atoms with Gasteiger partial charge in [-0.1, -0.05) is 11.6 Å². The molecule has 108 valence electrons. The smallest absolute Gasteiger partial charge is 0.262 e. The van der Waals surface area contributed by atoms with Crippen LogP contribution in [0.25, 0.3) is 0 Å². The van der Waals surface area contributed by atoms with Crippen molar-refractivity contribution in [2.45, 2.75) is 4.90 Å². The summed E-state index contributed by atoms with van der Waals surface area (Å²) >= 11 is 5.75. The summed E-state index contributed by atoms with van der Waals surface area (Å²) in [5.41, 5.74) is -0.277. The Labute approximate surface area is 124 Å². The summed E-state index contributed by atoms with van der Waals surface area (Å²) in [6, 6.07) is 7.71. The zero-order valence-electron chi connectivity index (χ0n) is 10.3. The SMILES string of the molecule is N#Cc1ccc(S(=O)(=O)Nc2ccc(F)cc2F)cc1Cl. The fraction of sp³-hybridized carbons (Fsp3) is 0. The van der Waals surface area contributed by atoms with Gasteiger partial charge in [0.1, 0.15) is 17.7 Å². The normalized spacial score (nSPS) is 11.0. The Morgan fingerprint density at radius 3 is 2.43 bits per heavy atom. The monoisotopic (exact) mass is 328 g/mol. The summed E-state index contributed by atoms with van der Waals surface area (Å²) in [6.45, 7) is 0. The van der Waals surface area contributed by atoms with E-state index in [4.69, 9.17) is 16.9 Å². The molecular formula is C13H7ClF2N2O2S. The van der Waals surface area contributed by atoms with Crippen LogP contribution in [0.2, 0.25) is 5.02 Å². The lowest BCUT2D eigenvalue weighted by molar-refractivity contribution is 0.583. The van der Waals surface area contributed by atoms with Crippen LogP contribution in [0.3, 0.4) is 0 Å². The van der Waals surface area contributed by atoms with Gasteiger partial charge in [0.25, 0.3) is 10.0 Å². The number of rotatable bonds is 3. The predicted octanol–water partition coefficient (Wildman–Crippen LogP) is 3.29. The van der Waals surface area contributed by atoms with Gasteiger partial charge in [0.15, 0.2) is 0 Å². The molecule has 0 radical (unpaired) electrons. The van der Waals surface area contributed by atoms with Gasteiger partial charge in [-0.25, -0.2) is 17.2 Å². The first-order valence-corrected chi connectivity index (χ1v) is 7.37. The van der Waals surface area contributed by atoms with Gasteiger partial charge in [-0.05, 0) is 30.3 Å². The number of nitrogens with zero attached hydrogens (tertiary/aromatic N) is 1. The molecule has 0 fully saturated rings. The van der Waals surface area contributed by atoms with Crippen LogP contribution in [0.1, 0.15) is 5.56 Å². The molecule has 2 aromatic carbocycles. The van der Waals surface area contributed by atoms with E-state index >= 15 is 0 Å². The van der Waals surface area contributed by atoms with Gasteiger partial charge in [-0.15, -0.1) is 0 Å². The van der Waals surface area contributed by atoms with E-state index in [1.165, 1.54) is 6.07 Å². The van der Waals surface area contributed by atoms with Crippen molar-refractivity contribution in [3.63, 3.8) is 0 Å². The standard InChI is InChI=1S/C13H7ClF2N2O2S/c14-11-6-10(3-1-8(11)7-17)21(19,20)18-13-4-2-9(15)5-12(13)16/h1-6,18H. The van der Waals surface area contributed by atoms with Gasteiger partial charge in [0.05, 0.1) is 21.2 Å². The maximum atomic E-state index is 13.5. The highest BCUT2D eigenvalue weighted by Crippen LogP contribution is 2.23. The predicted molar refractivity (Wildman–Crippen MR) is 73.3 cm³/mol. The third-order valence-corrected chi connectivity index (χ3v) is 4.22. The minimum Gasteiger partial charge on any atom is -0.277 e. The Morgan fingerprint density at radius 1 is 1.14 bits per heavy atom. The van der Waals surface area contributed by atoms with Crippen molar-refractivity contribution in [3.05, 3.63) is 58.6 Å². The molecule has 2 rings (SSSR count). The number of hydrogen-bond acceptors (Lipinski definition) is 3. The third-order valence-electron chi connectivity index (χ3n) is 2.55. The van der Waals surface area contributed by atoms with Crippen LogP contribution in [0, 0.1) is 23.0 Å². The highest BCUT2D eigenvalue weighted by atomic mass is 35.5. The molecule has 0 aliphatic heterocycles. The van der Waals surface area contributed by atoms with Crippen LogP contribution in [0.4, 0.5) is 14.5 Å². The lowest BCUT2D eigenvalue weighted by atomic mass is 10.2. The fourth-order valence-electron chi connectivity index (χ4n) is 1.53. The summed E-state index contributed by atoms with van der Waals surface area (Å²) < 4.78 is 52.4. The average molecular weight is 329 g/mol. The second-order valence-electron chi connectivity index (χ2n) is 3.98. The first kappa shape index (κ1) is 15.2. The van der Waals surface area contributed by atoms with E-state index in [0.717, 1.165) is 24.3 Å². The Morgan fingerprint density at radius 2 is 1.86 bits per heavy atom. The highest BCUT2D eigenvalue weighted by molar-refractivity contribution is 7.92. The zero-order chi connectivity index (χ0) is 15.6. The summed E-state index contributed by atoms with van der Waals surface area (Å²) in [5.74, 6) is -1.87. The van der Waals surface area contributed by atoms with Gasteiger partial charge < -0.3 is 0 Å². The first-order valence-electron chi connectivity index (χ1n) is 5.51. The van der Waals surface area contributed by atoms with Crippen LogP contribution >= 0.6 is 11.6 Å². The Balaban J connectivity index is 2.39. The number of sulfonamides is 1. The lowest BCUT2D eigenvalue weighted by Crippen LogP contribution is -2.14. The number of anilines is 1. The molecule has 0 aliphatic rings. The molecule has 0 bridgehead atoms. The van der Waals surface area contributed by atoms with E-state index in [2.05, 4.69) is 0 Å². The van der Waals surface area contributed by atoms with Gasteiger partial charge in [-0.3, -0.25) is 4.72 Å². The maximum absolute atomic E-state index is 13.5. The van der Waals surface area contributed by atoms with Crippen molar-refractivity contribution < 1.29 is 17.2 Å². The molecule has 0 heterocycles. The second-order valence-corrected chi connectivity index (χ2v) is 6.07. The van der Waals surface area contributed by atoms with Gasteiger partial charge in [0.2, 0.25) is 0 Å². The number of nitriles is 1. The zero-order valence-corrected chi connectivity index (χ0v) is 11.8.